The van der Waals surface area contributed by atoms with Crippen LogP contribution >= 0.6 is 23.5 Å². The number of nitrogens with zero attached hydrogens (tertiary/aromatic N) is 3. The minimum Gasteiger partial charge on any atom is -0.378 e. The number of carbonyl (C=O) groups excluding carboxylic acids is 1. The molecule has 2 aliphatic heterocycles. The maximum absolute atomic E-state index is 12.4. The van der Waals surface area contributed by atoms with Gasteiger partial charge >= 0.3 is 0 Å². The monoisotopic (exact) mass is 476 g/mol. The van der Waals surface area contributed by atoms with E-state index in [2.05, 4.69) is 20.4 Å². The Labute approximate surface area is 193 Å². The summed E-state index contributed by atoms with van der Waals surface area (Å²) < 4.78 is 30.2. The lowest BCUT2D eigenvalue weighted by Gasteiger charge is -2.28. The van der Waals surface area contributed by atoms with Gasteiger partial charge in [-0.2, -0.15) is 13.9 Å². The largest absolute Gasteiger partial charge is 0.378 e. The van der Waals surface area contributed by atoms with Crippen molar-refractivity contribution in [3.63, 3.8) is 0 Å². The first-order chi connectivity index (χ1) is 15.6. The number of hydrogen-bond acceptors (Lipinski definition) is 7. The number of rotatable bonds is 7. The lowest BCUT2D eigenvalue weighted by atomic mass is 10.1. The molecule has 0 aliphatic carbocycles. The van der Waals surface area contributed by atoms with Crippen LogP contribution in [0.25, 0.3) is 0 Å². The number of anilines is 1. The van der Waals surface area contributed by atoms with Gasteiger partial charge in [0.1, 0.15) is 0 Å². The highest BCUT2D eigenvalue weighted by atomic mass is 32.2. The molecule has 1 amide bonds. The zero-order valence-electron chi connectivity index (χ0n) is 17.1. The van der Waals surface area contributed by atoms with Gasteiger partial charge in [0.25, 0.3) is 5.76 Å². The fourth-order valence-corrected chi connectivity index (χ4v) is 4.81. The van der Waals surface area contributed by atoms with E-state index in [0.29, 0.717) is 28.2 Å². The average Bonchev–Trinajstić information content (AvgIpc) is 3.15. The first-order valence-electron chi connectivity index (χ1n) is 10.1. The van der Waals surface area contributed by atoms with Crippen LogP contribution in [0.1, 0.15) is 11.1 Å². The second kappa shape index (κ2) is 10.9. The number of morpholine rings is 1. The Kier molecular flexibility index (Phi) is 7.77. The molecule has 1 atom stereocenters. The third-order valence-corrected chi connectivity index (χ3v) is 6.77. The number of carbonyl (C=O) groups is 1. The zero-order chi connectivity index (χ0) is 22.3. The summed E-state index contributed by atoms with van der Waals surface area (Å²) in [5, 5.41) is 11.1. The maximum atomic E-state index is 12.4. The van der Waals surface area contributed by atoms with Crippen molar-refractivity contribution in [1.29, 1.82) is 0 Å². The molecule has 4 rings (SSSR count). The van der Waals surface area contributed by atoms with Crippen LogP contribution in [0, 0.1) is 0 Å². The van der Waals surface area contributed by atoms with Gasteiger partial charge in [0.15, 0.2) is 5.17 Å². The Morgan fingerprint density at radius 1 is 1.16 bits per heavy atom. The SMILES string of the molecule is O=C1N/C(=N\N=C/c2ccc(N3CCOCC3)cc2)S[C@@H]1Cc1ccc(SC(F)F)cc1. The van der Waals surface area contributed by atoms with Gasteiger partial charge in [-0.3, -0.25) is 4.79 Å². The van der Waals surface area contributed by atoms with Gasteiger partial charge in [-0.1, -0.05) is 47.8 Å². The summed E-state index contributed by atoms with van der Waals surface area (Å²) in [5.74, 6) is -2.58. The lowest BCUT2D eigenvalue weighted by molar-refractivity contribution is -0.118. The molecule has 10 heteroatoms. The molecule has 2 aromatic carbocycles. The molecule has 2 heterocycles. The topological polar surface area (TPSA) is 66.3 Å². The predicted molar refractivity (Wildman–Crippen MR) is 126 cm³/mol. The molecular weight excluding hydrogens is 454 g/mol. The highest BCUT2D eigenvalue weighted by molar-refractivity contribution is 8.15. The molecule has 1 N–H and O–H groups in total. The third kappa shape index (κ3) is 6.30. The highest BCUT2D eigenvalue weighted by Gasteiger charge is 2.30. The first kappa shape index (κ1) is 22.8. The molecule has 0 spiro atoms. The molecular formula is C22H22F2N4O2S2. The van der Waals surface area contributed by atoms with Gasteiger partial charge in [0.05, 0.1) is 24.7 Å². The fourth-order valence-electron chi connectivity index (χ4n) is 3.35. The molecule has 2 fully saturated rings. The second-order valence-corrected chi connectivity index (χ2v) is 9.42. The minimum absolute atomic E-state index is 0.134. The number of benzene rings is 2. The molecule has 0 unspecified atom stereocenters. The Morgan fingerprint density at radius 2 is 1.88 bits per heavy atom. The lowest BCUT2D eigenvalue weighted by Crippen LogP contribution is -2.36. The standard InChI is InChI=1S/C22H22F2N4O2S2/c23-21(24)31-18-7-3-15(4-8-18)13-19-20(29)26-22(32-19)27-25-14-16-1-5-17(6-2-16)28-9-11-30-12-10-28/h1-8,14,19,21H,9-13H2,(H,26,27,29)/b25-14-/t19-/m1/s1. The molecule has 0 saturated carbocycles. The number of thioether (sulfide) groups is 2. The number of alkyl halides is 2. The number of halogens is 2. The summed E-state index contributed by atoms with van der Waals surface area (Å²) >= 11 is 1.82. The fraction of sp³-hybridized carbons (Fsp3) is 0.318. The average molecular weight is 477 g/mol. The molecule has 0 aromatic heterocycles. The van der Waals surface area contributed by atoms with Crippen LogP contribution < -0.4 is 10.2 Å². The molecule has 2 saturated heterocycles. The second-order valence-electron chi connectivity index (χ2n) is 7.16. The summed E-state index contributed by atoms with van der Waals surface area (Å²) in [6, 6.07) is 14.9. The van der Waals surface area contributed by atoms with Crippen molar-refractivity contribution >= 4 is 46.5 Å². The molecule has 0 bridgehead atoms. The summed E-state index contributed by atoms with van der Waals surface area (Å²) in [5.41, 5.74) is 2.97. The van der Waals surface area contributed by atoms with Crippen LogP contribution in [-0.2, 0) is 16.0 Å². The van der Waals surface area contributed by atoms with Crippen molar-refractivity contribution in [2.24, 2.45) is 10.2 Å². The van der Waals surface area contributed by atoms with E-state index in [1.54, 1.807) is 30.5 Å². The van der Waals surface area contributed by atoms with Gasteiger partial charge in [-0.15, -0.1) is 5.10 Å². The Bertz CT molecular complexity index is 978. The zero-order valence-corrected chi connectivity index (χ0v) is 18.7. The van der Waals surface area contributed by atoms with Gasteiger partial charge in [0, 0.05) is 23.7 Å². The molecule has 0 radical (unpaired) electrons. The van der Waals surface area contributed by atoms with E-state index in [4.69, 9.17) is 4.74 Å². The van der Waals surface area contributed by atoms with E-state index in [1.807, 2.05) is 24.3 Å². The summed E-state index contributed by atoms with van der Waals surface area (Å²) in [7, 11) is 0. The van der Waals surface area contributed by atoms with Crippen LogP contribution in [0.4, 0.5) is 14.5 Å². The molecule has 6 nitrogen and oxygen atoms in total. The number of amides is 1. The van der Waals surface area contributed by atoms with E-state index in [1.165, 1.54) is 11.8 Å². The third-order valence-electron chi connectivity index (χ3n) is 4.97. The summed E-state index contributed by atoms with van der Waals surface area (Å²) in [4.78, 5) is 15.0. The van der Waals surface area contributed by atoms with E-state index < -0.39 is 5.76 Å². The van der Waals surface area contributed by atoms with Crippen molar-refractivity contribution in [3.8, 4) is 0 Å². The minimum atomic E-state index is -2.45. The van der Waals surface area contributed by atoms with Gasteiger partial charge < -0.3 is 15.0 Å². The van der Waals surface area contributed by atoms with Crippen molar-refractivity contribution in [1.82, 2.24) is 5.32 Å². The van der Waals surface area contributed by atoms with Crippen molar-refractivity contribution in [3.05, 3.63) is 59.7 Å². The van der Waals surface area contributed by atoms with Crippen LogP contribution in [0.5, 0.6) is 0 Å². The van der Waals surface area contributed by atoms with Crippen LogP contribution in [0.2, 0.25) is 0 Å². The van der Waals surface area contributed by atoms with Crippen LogP contribution in [0.3, 0.4) is 0 Å². The van der Waals surface area contributed by atoms with E-state index in [0.717, 1.165) is 43.1 Å². The molecule has 32 heavy (non-hydrogen) atoms. The van der Waals surface area contributed by atoms with Crippen molar-refractivity contribution < 1.29 is 18.3 Å². The number of ether oxygens (including phenoxy) is 1. The Morgan fingerprint density at radius 3 is 2.56 bits per heavy atom. The normalized spacial score (nSPS) is 20.5. The Balaban J connectivity index is 1.30. The number of amidine groups is 1. The van der Waals surface area contributed by atoms with Crippen LogP contribution in [-0.4, -0.2) is 54.6 Å². The van der Waals surface area contributed by atoms with E-state index >= 15 is 0 Å². The molecule has 2 aromatic rings. The predicted octanol–water partition coefficient (Wildman–Crippen LogP) is 4.00. The van der Waals surface area contributed by atoms with Crippen molar-refractivity contribution in [2.75, 3.05) is 31.2 Å². The van der Waals surface area contributed by atoms with Gasteiger partial charge in [-0.05, 0) is 41.8 Å². The maximum Gasteiger partial charge on any atom is 0.288 e. The molecule has 168 valence electrons. The van der Waals surface area contributed by atoms with Crippen molar-refractivity contribution in [2.45, 2.75) is 22.3 Å². The quantitative estimate of drug-likeness (QED) is 0.372. The summed E-state index contributed by atoms with van der Waals surface area (Å²) in [6.07, 6.45) is 2.14. The molecule has 2 aliphatic rings. The highest BCUT2D eigenvalue weighted by Crippen LogP contribution is 2.27. The van der Waals surface area contributed by atoms with E-state index in [9.17, 15) is 13.6 Å². The Hall–Kier alpha value is -2.43. The first-order valence-corrected chi connectivity index (χ1v) is 11.9. The van der Waals surface area contributed by atoms with Gasteiger partial charge in [0.2, 0.25) is 5.91 Å². The number of hydrogen-bond donors (Lipinski definition) is 1. The smallest absolute Gasteiger partial charge is 0.288 e. The van der Waals surface area contributed by atoms with E-state index in [-0.39, 0.29) is 11.2 Å². The summed E-state index contributed by atoms with van der Waals surface area (Å²) in [6.45, 7) is 3.26. The van der Waals surface area contributed by atoms with Crippen LogP contribution in [0.15, 0.2) is 63.6 Å². The van der Waals surface area contributed by atoms with Gasteiger partial charge in [-0.25, -0.2) is 0 Å². The number of nitrogens with one attached hydrogen (secondary N) is 1.